The number of carbonyl (C=O) groups is 2. The summed E-state index contributed by atoms with van der Waals surface area (Å²) in [6, 6.07) is 15.6. The lowest BCUT2D eigenvalue weighted by Gasteiger charge is -2.15. The number of hydrogen-bond donors (Lipinski definition) is 1. The van der Waals surface area contributed by atoms with Gasteiger partial charge in [-0.25, -0.2) is 0 Å². The minimum Gasteiger partial charge on any atom is -0.497 e. The number of allylic oxidation sites excluding steroid dienone is 1. The fourth-order valence-corrected chi connectivity index (χ4v) is 3.80. The summed E-state index contributed by atoms with van der Waals surface area (Å²) >= 11 is 1.30. The molecule has 0 fully saturated rings. The Morgan fingerprint density at radius 2 is 1.84 bits per heavy atom. The van der Waals surface area contributed by atoms with E-state index < -0.39 is 0 Å². The molecule has 3 aromatic rings. The molecule has 1 heterocycles. The Kier molecular flexibility index (Phi) is 7.61. The molecule has 0 spiro atoms. The molecule has 0 saturated heterocycles. The quantitative estimate of drug-likeness (QED) is 0.294. The van der Waals surface area contributed by atoms with Crippen molar-refractivity contribution >= 4 is 23.5 Å². The molecule has 31 heavy (non-hydrogen) atoms. The van der Waals surface area contributed by atoms with E-state index in [1.165, 1.54) is 11.8 Å². The van der Waals surface area contributed by atoms with Gasteiger partial charge < -0.3 is 14.6 Å². The highest BCUT2D eigenvalue weighted by molar-refractivity contribution is 7.99. The van der Waals surface area contributed by atoms with Gasteiger partial charge in [-0.3, -0.25) is 9.59 Å². The number of aromatic nitrogens is 3. The van der Waals surface area contributed by atoms with Gasteiger partial charge in [-0.1, -0.05) is 36.0 Å². The number of ether oxygens (including phenoxy) is 1. The fraction of sp³-hybridized carbons (Fsp3) is 0.217. The van der Waals surface area contributed by atoms with E-state index in [0.29, 0.717) is 34.4 Å². The number of amides is 1. The molecule has 1 unspecified atom stereocenters. The van der Waals surface area contributed by atoms with Crippen molar-refractivity contribution < 1.29 is 14.3 Å². The van der Waals surface area contributed by atoms with Gasteiger partial charge >= 0.3 is 0 Å². The number of thioether (sulfide) groups is 1. The van der Waals surface area contributed by atoms with Crippen LogP contribution in [-0.4, -0.2) is 39.3 Å². The topological polar surface area (TPSA) is 86.1 Å². The molecule has 0 radical (unpaired) electrons. The predicted octanol–water partition coefficient (Wildman–Crippen LogP) is 3.94. The van der Waals surface area contributed by atoms with Gasteiger partial charge in [-0.2, -0.15) is 0 Å². The van der Waals surface area contributed by atoms with Crippen LogP contribution in [0.4, 0.5) is 0 Å². The maximum Gasteiger partial charge on any atom is 0.251 e. The van der Waals surface area contributed by atoms with Crippen molar-refractivity contribution in [3.8, 4) is 5.75 Å². The van der Waals surface area contributed by atoms with Crippen LogP contribution in [0.15, 0.2) is 72.4 Å². The largest absolute Gasteiger partial charge is 0.497 e. The highest BCUT2D eigenvalue weighted by Gasteiger charge is 2.20. The molecular formula is C23H24N4O3S. The van der Waals surface area contributed by atoms with Gasteiger partial charge in [0.15, 0.2) is 16.8 Å². The van der Waals surface area contributed by atoms with Gasteiger partial charge in [0, 0.05) is 17.7 Å². The molecule has 2 aromatic carbocycles. The van der Waals surface area contributed by atoms with Crippen LogP contribution in [0.1, 0.15) is 39.5 Å². The number of methoxy groups -OCH3 is 1. The van der Waals surface area contributed by atoms with E-state index in [0.717, 1.165) is 0 Å². The van der Waals surface area contributed by atoms with Gasteiger partial charge in [-0.15, -0.1) is 16.8 Å². The minimum absolute atomic E-state index is 0.0206. The first-order chi connectivity index (χ1) is 15.0. The average molecular weight is 437 g/mol. The average Bonchev–Trinajstić information content (AvgIpc) is 3.21. The van der Waals surface area contributed by atoms with Crippen LogP contribution in [0, 0.1) is 0 Å². The van der Waals surface area contributed by atoms with Crippen LogP contribution < -0.4 is 10.1 Å². The zero-order chi connectivity index (χ0) is 22.2. The predicted molar refractivity (Wildman–Crippen MR) is 121 cm³/mol. The van der Waals surface area contributed by atoms with Gasteiger partial charge in [0.25, 0.3) is 5.91 Å². The molecule has 1 aromatic heterocycles. The molecule has 0 aliphatic carbocycles. The van der Waals surface area contributed by atoms with Crippen molar-refractivity contribution in [3.05, 3.63) is 84.2 Å². The van der Waals surface area contributed by atoms with E-state index in [2.05, 4.69) is 22.1 Å². The van der Waals surface area contributed by atoms with Crippen LogP contribution in [-0.2, 0) is 6.54 Å². The molecule has 7 nitrogen and oxygen atoms in total. The summed E-state index contributed by atoms with van der Waals surface area (Å²) in [5, 5.41) is 12.0. The van der Waals surface area contributed by atoms with Crippen molar-refractivity contribution in [1.29, 1.82) is 0 Å². The van der Waals surface area contributed by atoms with Crippen molar-refractivity contribution in [3.63, 3.8) is 0 Å². The molecule has 8 heteroatoms. The van der Waals surface area contributed by atoms with E-state index >= 15 is 0 Å². The SMILES string of the molecule is C=CCn1c(SCC(=O)c2ccc(OC)cc2)nnc1C(C)NC(=O)c1ccccc1. The minimum atomic E-state index is -0.369. The first-order valence-electron chi connectivity index (χ1n) is 9.73. The Balaban J connectivity index is 1.69. The summed E-state index contributed by atoms with van der Waals surface area (Å²) < 4.78 is 6.98. The van der Waals surface area contributed by atoms with E-state index in [1.807, 2.05) is 29.7 Å². The zero-order valence-electron chi connectivity index (χ0n) is 17.4. The molecule has 1 atom stereocenters. The Morgan fingerprint density at radius 1 is 1.13 bits per heavy atom. The Labute approximate surface area is 185 Å². The Bertz CT molecular complexity index is 1050. The number of Topliss-reactive ketones (excluding diaryl/α,β-unsaturated/α-hetero) is 1. The standard InChI is InChI=1S/C23H24N4O3S/c1-4-14-27-21(16(2)24-22(29)18-8-6-5-7-9-18)25-26-23(27)31-15-20(28)17-10-12-19(30-3)13-11-17/h4-13,16H,1,14-15H2,2-3H3,(H,24,29). The third kappa shape index (κ3) is 5.61. The summed E-state index contributed by atoms with van der Waals surface area (Å²) in [7, 11) is 1.58. The second kappa shape index (κ2) is 10.6. The third-order valence-corrected chi connectivity index (χ3v) is 5.54. The molecule has 160 valence electrons. The first-order valence-corrected chi connectivity index (χ1v) is 10.7. The number of benzene rings is 2. The van der Waals surface area contributed by atoms with E-state index in [-0.39, 0.29) is 23.5 Å². The number of nitrogens with one attached hydrogen (secondary N) is 1. The lowest BCUT2D eigenvalue weighted by molar-refractivity contribution is 0.0937. The molecule has 0 saturated carbocycles. The fourth-order valence-electron chi connectivity index (χ4n) is 2.95. The van der Waals surface area contributed by atoms with Gasteiger partial charge in [0.05, 0.1) is 18.9 Å². The highest BCUT2D eigenvalue weighted by Crippen LogP contribution is 2.22. The van der Waals surface area contributed by atoms with E-state index in [4.69, 9.17) is 4.74 Å². The molecule has 1 N–H and O–H groups in total. The summed E-state index contributed by atoms with van der Waals surface area (Å²) in [5.74, 6) is 1.31. The molecule has 3 rings (SSSR count). The Morgan fingerprint density at radius 3 is 2.48 bits per heavy atom. The van der Waals surface area contributed by atoms with Crippen LogP contribution >= 0.6 is 11.8 Å². The third-order valence-electron chi connectivity index (χ3n) is 4.57. The first kappa shape index (κ1) is 22.3. The van der Waals surface area contributed by atoms with Crippen LogP contribution in [0.3, 0.4) is 0 Å². The summed E-state index contributed by atoms with van der Waals surface area (Å²) in [4.78, 5) is 25.0. The number of nitrogens with zero attached hydrogens (tertiary/aromatic N) is 3. The zero-order valence-corrected chi connectivity index (χ0v) is 18.3. The van der Waals surface area contributed by atoms with Crippen molar-refractivity contribution in [2.45, 2.75) is 24.7 Å². The summed E-state index contributed by atoms with van der Waals surface area (Å²) in [6.45, 7) is 6.11. The van der Waals surface area contributed by atoms with E-state index in [9.17, 15) is 9.59 Å². The monoisotopic (exact) mass is 436 g/mol. The van der Waals surface area contributed by atoms with E-state index in [1.54, 1.807) is 49.6 Å². The highest BCUT2D eigenvalue weighted by atomic mass is 32.2. The van der Waals surface area contributed by atoms with Crippen molar-refractivity contribution in [1.82, 2.24) is 20.1 Å². The van der Waals surface area contributed by atoms with Gasteiger partial charge in [0.1, 0.15) is 5.75 Å². The Hall–Kier alpha value is -3.39. The second-order valence-electron chi connectivity index (χ2n) is 6.74. The molecular weight excluding hydrogens is 412 g/mol. The summed E-state index contributed by atoms with van der Waals surface area (Å²) in [6.07, 6.45) is 1.73. The van der Waals surface area contributed by atoms with Crippen molar-refractivity contribution in [2.75, 3.05) is 12.9 Å². The van der Waals surface area contributed by atoms with Crippen molar-refractivity contribution in [2.24, 2.45) is 0 Å². The number of carbonyl (C=O) groups excluding carboxylic acids is 2. The van der Waals surface area contributed by atoms with Gasteiger partial charge in [0.2, 0.25) is 0 Å². The number of hydrogen-bond acceptors (Lipinski definition) is 6. The summed E-state index contributed by atoms with van der Waals surface area (Å²) in [5.41, 5.74) is 1.18. The molecule has 0 aliphatic heterocycles. The second-order valence-corrected chi connectivity index (χ2v) is 7.68. The smallest absolute Gasteiger partial charge is 0.251 e. The number of ketones is 1. The molecule has 0 aliphatic rings. The van der Waals surface area contributed by atoms with Gasteiger partial charge in [-0.05, 0) is 43.3 Å². The molecule has 0 bridgehead atoms. The van der Waals surface area contributed by atoms with Crippen LogP contribution in [0.5, 0.6) is 5.75 Å². The maximum absolute atomic E-state index is 12.5. The lowest BCUT2D eigenvalue weighted by Crippen LogP contribution is -2.28. The maximum atomic E-state index is 12.5. The van der Waals surface area contributed by atoms with Crippen LogP contribution in [0.25, 0.3) is 0 Å². The number of rotatable bonds is 10. The normalized spacial score (nSPS) is 11.5. The lowest BCUT2D eigenvalue weighted by atomic mass is 10.1. The molecule has 1 amide bonds. The van der Waals surface area contributed by atoms with Crippen LogP contribution in [0.2, 0.25) is 0 Å².